The minimum Gasteiger partial charge on any atom is -0.492 e. The Morgan fingerprint density at radius 1 is 1.18 bits per heavy atom. The Morgan fingerprint density at radius 2 is 1.95 bits per heavy atom. The Hall–Kier alpha value is -2.33. The van der Waals surface area contributed by atoms with Crippen molar-refractivity contribution in [1.82, 2.24) is 0 Å². The van der Waals surface area contributed by atoms with Gasteiger partial charge in [-0.25, -0.2) is 0 Å². The lowest BCUT2D eigenvalue weighted by atomic mass is 9.96. The second-order valence-electron chi connectivity index (χ2n) is 5.48. The van der Waals surface area contributed by atoms with Gasteiger partial charge in [0.1, 0.15) is 12.4 Å². The van der Waals surface area contributed by atoms with E-state index in [0.717, 1.165) is 22.6 Å². The highest BCUT2D eigenvalue weighted by Crippen LogP contribution is 2.27. The van der Waals surface area contributed by atoms with Crippen LogP contribution >= 0.6 is 0 Å². The maximum absolute atomic E-state index is 12.4. The molecule has 0 aromatic heterocycles. The van der Waals surface area contributed by atoms with Crippen molar-refractivity contribution in [3.63, 3.8) is 0 Å². The molecule has 2 N–H and O–H groups in total. The highest BCUT2D eigenvalue weighted by Gasteiger charge is 2.25. The summed E-state index contributed by atoms with van der Waals surface area (Å²) in [4.78, 5) is 12.4. The number of aliphatic hydroxyl groups is 1. The minimum atomic E-state index is -0.174. The zero-order valence-corrected chi connectivity index (χ0v) is 12.3. The van der Waals surface area contributed by atoms with Crippen LogP contribution in [0.5, 0.6) is 5.75 Å². The van der Waals surface area contributed by atoms with Gasteiger partial charge in [-0.15, -0.1) is 0 Å². The lowest BCUT2D eigenvalue weighted by Gasteiger charge is -2.24. The fourth-order valence-electron chi connectivity index (χ4n) is 2.62. The number of fused-ring (bicyclic) bond motifs is 1. The molecule has 1 atom stereocenters. The molecular weight excluding hydrogens is 278 g/mol. The molecule has 0 radical (unpaired) electrons. The molecule has 0 saturated heterocycles. The summed E-state index contributed by atoms with van der Waals surface area (Å²) in [5.74, 6) is 0.677. The standard InChI is InChI=1S/C18H19NO3/c20-10-9-13-5-7-16(8-6-13)19-18(21)15-11-14-3-1-2-4-17(14)22-12-15/h1-8,15,20H,9-12H2,(H,19,21). The average molecular weight is 297 g/mol. The van der Waals surface area contributed by atoms with Crippen molar-refractivity contribution in [3.05, 3.63) is 59.7 Å². The summed E-state index contributed by atoms with van der Waals surface area (Å²) in [6, 6.07) is 15.4. The first-order valence-corrected chi connectivity index (χ1v) is 7.47. The van der Waals surface area contributed by atoms with E-state index in [9.17, 15) is 4.79 Å². The number of hydrogen-bond acceptors (Lipinski definition) is 3. The molecule has 4 heteroatoms. The van der Waals surface area contributed by atoms with Crippen LogP contribution in [0.4, 0.5) is 5.69 Å². The second-order valence-corrected chi connectivity index (χ2v) is 5.48. The van der Waals surface area contributed by atoms with Crippen LogP contribution in [0.1, 0.15) is 11.1 Å². The quantitative estimate of drug-likeness (QED) is 0.911. The number of rotatable bonds is 4. The molecular formula is C18H19NO3. The third-order valence-corrected chi connectivity index (χ3v) is 3.87. The highest BCUT2D eigenvalue weighted by atomic mass is 16.5. The lowest BCUT2D eigenvalue weighted by molar-refractivity contribution is -0.121. The predicted molar refractivity (Wildman–Crippen MR) is 85.0 cm³/mol. The van der Waals surface area contributed by atoms with E-state index in [1.165, 1.54) is 0 Å². The predicted octanol–water partition coefficient (Wildman–Crippen LogP) is 2.41. The van der Waals surface area contributed by atoms with Gasteiger partial charge in [-0.05, 0) is 42.2 Å². The van der Waals surface area contributed by atoms with Crippen LogP contribution < -0.4 is 10.1 Å². The summed E-state index contributed by atoms with van der Waals surface area (Å²) in [7, 11) is 0. The topological polar surface area (TPSA) is 58.6 Å². The van der Waals surface area contributed by atoms with Gasteiger partial charge in [0.05, 0.1) is 5.92 Å². The monoisotopic (exact) mass is 297 g/mol. The highest BCUT2D eigenvalue weighted by molar-refractivity contribution is 5.93. The van der Waals surface area contributed by atoms with Crippen LogP contribution in [0, 0.1) is 5.92 Å². The van der Waals surface area contributed by atoms with Crippen LogP contribution in [0.15, 0.2) is 48.5 Å². The van der Waals surface area contributed by atoms with Gasteiger partial charge in [0, 0.05) is 12.3 Å². The van der Waals surface area contributed by atoms with Gasteiger partial charge in [-0.1, -0.05) is 30.3 Å². The molecule has 0 aliphatic carbocycles. The van der Waals surface area contributed by atoms with Gasteiger partial charge in [0.25, 0.3) is 0 Å². The van der Waals surface area contributed by atoms with Gasteiger partial charge in [-0.2, -0.15) is 0 Å². The van der Waals surface area contributed by atoms with Gasteiger partial charge >= 0.3 is 0 Å². The first-order valence-electron chi connectivity index (χ1n) is 7.47. The van der Waals surface area contributed by atoms with Crippen LogP contribution in [-0.4, -0.2) is 24.2 Å². The number of aliphatic hydroxyl groups excluding tert-OH is 1. The maximum atomic E-state index is 12.4. The molecule has 1 amide bonds. The van der Waals surface area contributed by atoms with Crippen LogP contribution in [0.2, 0.25) is 0 Å². The Kier molecular flexibility index (Phi) is 4.39. The zero-order chi connectivity index (χ0) is 15.4. The summed E-state index contributed by atoms with van der Waals surface area (Å²) in [6.45, 7) is 0.538. The molecule has 1 aliphatic heterocycles. The van der Waals surface area contributed by atoms with E-state index in [-0.39, 0.29) is 18.4 Å². The first-order chi connectivity index (χ1) is 10.8. The Bertz CT molecular complexity index is 652. The van der Waals surface area contributed by atoms with Crippen molar-refractivity contribution < 1.29 is 14.6 Å². The largest absolute Gasteiger partial charge is 0.492 e. The average Bonchev–Trinajstić information content (AvgIpc) is 2.56. The van der Waals surface area contributed by atoms with Crippen molar-refractivity contribution in [1.29, 1.82) is 0 Å². The van der Waals surface area contributed by atoms with Crippen LogP contribution in [0.25, 0.3) is 0 Å². The molecule has 0 saturated carbocycles. The molecule has 1 aliphatic rings. The van der Waals surface area contributed by atoms with E-state index < -0.39 is 0 Å². The molecule has 2 aromatic rings. The molecule has 1 heterocycles. The Morgan fingerprint density at radius 3 is 2.73 bits per heavy atom. The maximum Gasteiger partial charge on any atom is 0.231 e. The van der Waals surface area contributed by atoms with E-state index in [1.807, 2.05) is 48.5 Å². The number of ether oxygens (including phenoxy) is 1. The second kappa shape index (κ2) is 6.62. The van der Waals surface area contributed by atoms with Gasteiger partial charge in [0.15, 0.2) is 0 Å². The molecule has 0 spiro atoms. The molecule has 0 bridgehead atoms. The number of benzene rings is 2. The fourth-order valence-corrected chi connectivity index (χ4v) is 2.62. The normalized spacial score (nSPS) is 16.5. The Labute approximate surface area is 129 Å². The van der Waals surface area contributed by atoms with E-state index in [1.54, 1.807) is 0 Å². The fraction of sp³-hybridized carbons (Fsp3) is 0.278. The van der Waals surface area contributed by atoms with Gasteiger partial charge in [-0.3, -0.25) is 4.79 Å². The zero-order valence-electron chi connectivity index (χ0n) is 12.3. The summed E-state index contributed by atoms with van der Waals surface area (Å²) in [5.41, 5.74) is 2.90. The third kappa shape index (κ3) is 3.28. The molecule has 1 unspecified atom stereocenters. The van der Waals surface area contributed by atoms with Crippen LogP contribution in [-0.2, 0) is 17.6 Å². The van der Waals surface area contributed by atoms with Crippen molar-refractivity contribution >= 4 is 11.6 Å². The Balaban J connectivity index is 1.63. The van der Waals surface area contributed by atoms with E-state index in [0.29, 0.717) is 19.4 Å². The SMILES string of the molecule is O=C(Nc1ccc(CCO)cc1)C1COc2ccccc2C1. The smallest absolute Gasteiger partial charge is 0.231 e. The summed E-state index contributed by atoms with van der Waals surface area (Å²) < 4.78 is 5.66. The lowest BCUT2D eigenvalue weighted by Crippen LogP contribution is -2.32. The third-order valence-electron chi connectivity index (χ3n) is 3.87. The van der Waals surface area contributed by atoms with E-state index in [4.69, 9.17) is 9.84 Å². The van der Waals surface area contributed by atoms with Crippen molar-refractivity contribution in [2.24, 2.45) is 5.92 Å². The summed E-state index contributed by atoms with van der Waals surface area (Å²) >= 11 is 0. The van der Waals surface area contributed by atoms with E-state index in [2.05, 4.69) is 5.32 Å². The number of nitrogens with one attached hydrogen (secondary N) is 1. The summed E-state index contributed by atoms with van der Waals surface area (Å²) in [6.07, 6.45) is 1.33. The minimum absolute atomic E-state index is 0.0237. The molecule has 114 valence electrons. The van der Waals surface area contributed by atoms with Crippen molar-refractivity contribution in [2.75, 3.05) is 18.5 Å². The number of anilines is 1. The number of hydrogen-bond donors (Lipinski definition) is 2. The molecule has 22 heavy (non-hydrogen) atoms. The molecule has 3 rings (SSSR count). The molecule has 4 nitrogen and oxygen atoms in total. The molecule has 0 fully saturated rings. The van der Waals surface area contributed by atoms with Crippen LogP contribution in [0.3, 0.4) is 0 Å². The van der Waals surface area contributed by atoms with Gasteiger partial charge < -0.3 is 15.2 Å². The van der Waals surface area contributed by atoms with Crippen molar-refractivity contribution in [3.8, 4) is 5.75 Å². The number of amides is 1. The van der Waals surface area contributed by atoms with Crippen molar-refractivity contribution in [2.45, 2.75) is 12.8 Å². The summed E-state index contributed by atoms with van der Waals surface area (Å²) in [5, 5.41) is 11.8. The van der Waals surface area contributed by atoms with E-state index >= 15 is 0 Å². The number of carbonyl (C=O) groups excluding carboxylic acids is 1. The number of para-hydroxylation sites is 1. The van der Waals surface area contributed by atoms with Gasteiger partial charge in [0.2, 0.25) is 5.91 Å². The molecule has 2 aromatic carbocycles. The first kappa shape index (κ1) is 14.6. The number of carbonyl (C=O) groups is 1.